The first kappa shape index (κ1) is 16.5. The Morgan fingerprint density at radius 3 is 2.18 bits per heavy atom. The molecule has 5 heteroatoms. The van der Waals surface area contributed by atoms with E-state index in [1.54, 1.807) is 18.5 Å². The van der Waals surface area contributed by atoms with E-state index >= 15 is 0 Å². The van der Waals surface area contributed by atoms with Crippen molar-refractivity contribution in [3.05, 3.63) is 65.5 Å². The topological polar surface area (TPSA) is 19.4 Å². The monoisotopic (exact) mass is 305 g/mol. The van der Waals surface area contributed by atoms with Crippen molar-refractivity contribution < 1.29 is 8.78 Å². The van der Waals surface area contributed by atoms with Gasteiger partial charge in [0.1, 0.15) is 0 Å². The van der Waals surface area contributed by atoms with Gasteiger partial charge in [-0.2, -0.15) is 0 Å². The van der Waals surface area contributed by atoms with Crippen LogP contribution in [0.25, 0.3) is 0 Å². The molecule has 0 radical (unpaired) electrons. The second kappa shape index (κ2) is 7.96. The molecule has 22 heavy (non-hydrogen) atoms. The minimum absolute atomic E-state index is 0.577. The lowest BCUT2D eigenvalue weighted by Crippen LogP contribution is -2.31. The molecule has 0 amide bonds. The fourth-order valence-corrected chi connectivity index (χ4v) is 2.20. The van der Waals surface area contributed by atoms with Crippen LogP contribution < -0.4 is 0 Å². The Morgan fingerprint density at radius 1 is 0.864 bits per heavy atom. The number of nitrogens with zero attached hydrogens (tertiary/aromatic N) is 3. The standard InChI is InChI=1S/C17H21F2N3/c1-21(2)9-10-22(12-14-5-7-20-8-6-14)13-15-3-4-16(18)17(19)11-15/h3-8,11H,9-10,12-13H2,1-2H3. The quantitative estimate of drug-likeness (QED) is 0.784. The maximum Gasteiger partial charge on any atom is 0.159 e. The van der Waals surface area contributed by atoms with E-state index in [4.69, 9.17) is 0 Å². The summed E-state index contributed by atoms with van der Waals surface area (Å²) in [6.45, 7) is 3.06. The third-order valence-corrected chi connectivity index (χ3v) is 3.41. The minimum atomic E-state index is -0.808. The number of aromatic nitrogens is 1. The molecular formula is C17H21F2N3. The Hall–Kier alpha value is -1.85. The summed E-state index contributed by atoms with van der Waals surface area (Å²) in [5.74, 6) is -1.60. The van der Waals surface area contributed by atoms with Crippen LogP contribution in [0.4, 0.5) is 8.78 Å². The molecule has 0 aliphatic heterocycles. The molecule has 2 aromatic rings. The van der Waals surface area contributed by atoms with Gasteiger partial charge in [-0.3, -0.25) is 9.88 Å². The largest absolute Gasteiger partial charge is 0.308 e. The zero-order valence-electron chi connectivity index (χ0n) is 13.0. The average molecular weight is 305 g/mol. The summed E-state index contributed by atoms with van der Waals surface area (Å²) in [7, 11) is 4.03. The molecule has 0 fully saturated rings. The normalized spacial score (nSPS) is 11.4. The Kier molecular flexibility index (Phi) is 5.98. The van der Waals surface area contributed by atoms with Gasteiger partial charge in [0.2, 0.25) is 0 Å². The van der Waals surface area contributed by atoms with E-state index in [1.165, 1.54) is 12.1 Å². The molecule has 0 N–H and O–H groups in total. The molecule has 118 valence electrons. The van der Waals surface area contributed by atoms with Gasteiger partial charge in [0.05, 0.1) is 0 Å². The van der Waals surface area contributed by atoms with E-state index in [9.17, 15) is 8.78 Å². The maximum atomic E-state index is 13.4. The molecule has 0 spiro atoms. The van der Waals surface area contributed by atoms with Crippen molar-refractivity contribution in [1.29, 1.82) is 0 Å². The van der Waals surface area contributed by atoms with Crippen LogP contribution in [0.15, 0.2) is 42.7 Å². The highest BCUT2D eigenvalue weighted by atomic mass is 19.2. The first-order valence-electron chi connectivity index (χ1n) is 7.24. The Bertz CT molecular complexity index is 588. The van der Waals surface area contributed by atoms with E-state index in [0.717, 1.165) is 30.8 Å². The van der Waals surface area contributed by atoms with Crippen LogP contribution in [0.5, 0.6) is 0 Å². The van der Waals surface area contributed by atoms with Gasteiger partial charge in [0, 0.05) is 38.6 Å². The summed E-state index contributed by atoms with van der Waals surface area (Å²) in [6, 6.07) is 8.02. The molecule has 0 atom stereocenters. The van der Waals surface area contributed by atoms with Crippen molar-refractivity contribution in [3.8, 4) is 0 Å². The first-order chi connectivity index (χ1) is 10.5. The summed E-state index contributed by atoms with van der Waals surface area (Å²) in [4.78, 5) is 8.33. The first-order valence-corrected chi connectivity index (χ1v) is 7.24. The van der Waals surface area contributed by atoms with Crippen molar-refractivity contribution in [1.82, 2.24) is 14.8 Å². The third-order valence-electron chi connectivity index (χ3n) is 3.41. The molecule has 0 bridgehead atoms. The fraction of sp³-hybridized carbons (Fsp3) is 0.353. The minimum Gasteiger partial charge on any atom is -0.308 e. The number of pyridine rings is 1. The van der Waals surface area contributed by atoms with Crippen LogP contribution in [-0.2, 0) is 13.1 Å². The summed E-state index contributed by atoms with van der Waals surface area (Å²) >= 11 is 0. The zero-order valence-corrected chi connectivity index (χ0v) is 13.0. The lowest BCUT2D eigenvalue weighted by molar-refractivity contribution is 0.226. The van der Waals surface area contributed by atoms with E-state index in [-0.39, 0.29) is 0 Å². The predicted octanol–water partition coefficient (Wildman–Crippen LogP) is 2.92. The van der Waals surface area contributed by atoms with Crippen LogP contribution in [0, 0.1) is 11.6 Å². The van der Waals surface area contributed by atoms with Crippen molar-refractivity contribution in [2.24, 2.45) is 0 Å². The van der Waals surface area contributed by atoms with Crippen LogP contribution in [0.3, 0.4) is 0 Å². The molecular weight excluding hydrogens is 284 g/mol. The Balaban J connectivity index is 2.07. The molecule has 0 saturated carbocycles. The maximum absolute atomic E-state index is 13.4. The Morgan fingerprint density at radius 2 is 1.55 bits per heavy atom. The van der Waals surface area contributed by atoms with E-state index in [1.807, 2.05) is 26.2 Å². The van der Waals surface area contributed by atoms with Gasteiger partial charge < -0.3 is 4.90 Å². The molecule has 0 saturated heterocycles. The molecule has 0 aliphatic rings. The fourth-order valence-electron chi connectivity index (χ4n) is 2.20. The molecule has 0 aliphatic carbocycles. The second-order valence-electron chi connectivity index (χ2n) is 5.62. The molecule has 3 nitrogen and oxygen atoms in total. The second-order valence-corrected chi connectivity index (χ2v) is 5.62. The number of rotatable bonds is 7. The molecule has 1 heterocycles. The van der Waals surface area contributed by atoms with Crippen molar-refractivity contribution in [2.75, 3.05) is 27.2 Å². The number of likely N-dealkylation sites (N-methyl/N-ethyl adjacent to an activating group) is 1. The van der Waals surface area contributed by atoms with Crippen LogP contribution >= 0.6 is 0 Å². The highest BCUT2D eigenvalue weighted by molar-refractivity contribution is 5.18. The predicted molar refractivity (Wildman–Crippen MR) is 83.3 cm³/mol. The van der Waals surface area contributed by atoms with Crippen LogP contribution in [0.2, 0.25) is 0 Å². The average Bonchev–Trinajstić information content (AvgIpc) is 2.49. The van der Waals surface area contributed by atoms with Gasteiger partial charge in [-0.1, -0.05) is 6.07 Å². The van der Waals surface area contributed by atoms with Gasteiger partial charge in [-0.15, -0.1) is 0 Å². The van der Waals surface area contributed by atoms with Crippen LogP contribution in [0.1, 0.15) is 11.1 Å². The number of hydrogen-bond donors (Lipinski definition) is 0. The van der Waals surface area contributed by atoms with Gasteiger partial charge in [-0.05, 0) is 49.5 Å². The highest BCUT2D eigenvalue weighted by Crippen LogP contribution is 2.13. The van der Waals surface area contributed by atoms with Crippen molar-refractivity contribution in [2.45, 2.75) is 13.1 Å². The van der Waals surface area contributed by atoms with Crippen molar-refractivity contribution >= 4 is 0 Å². The van der Waals surface area contributed by atoms with E-state index < -0.39 is 11.6 Å². The molecule has 1 aromatic carbocycles. The van der Waals surface area contributed by atoms with Gasteiger partial charge in [0.25, 0.3) is 0 Å². The van der Waals surface area contributed by atoms with Gasteiger partial charge >= 0.3 is 0 Å². The SMILES string of the molecule is CN(C)CCN(Cc1ccncc1)Cc1ccc(F)c(F)c1. The lowest BCUT2D eigenvalue weighted by Gasteiger charge is -2.24. The van der Waals surface area contributed by atoms with E-state index in [2.05, 4.69) is 14.8 Å². The highest BCUT2D eigenvalue weighted by Gasteiger charge is 2.10. The van der Waals surface area contributed by atoms with Crippen molar-refractivity contribution in [3.63, 3.8) is 0 Å². The lowest BCUT2D eigenvalue weighted by atomic mass is 10.1. The van der Waals surface area contributed by atoms with Gasteiger partial charge in [-0.25, -0.2) is 8.78 Å². The van der Waals surface area contributed by atoms with E-state index in [0.29, 0.717) is 6.54 Å². The number of halogens is 2. The summed E-state index contributed by atoms with van der Waals surface area (Å²) in [5, 5.41) is 0. The molecule has 2 rings (SSSR count). The smallest absolute Gasteiger partial charge is 0.159 e. The summed E-state index contributed by atoms with van der Waals surface area (Å²) in [6.07, 6.45) is 3.52. The van der Waals surface area contributed by atoms with Crippen LogP contribution in [-0.4, -0.2) is 42.0 Å². The number of hydrogen-bond acceptors (Lipinski definition) is 3. The molecule has 1 aromatic heterocycles. The zero-order chi connectivity index (χ0) is 15.9. The summed E-state index contributed by atoms with van der Waals surface area (Å²) < 4.78 is 26.4. The third kappa shape index (κ3) is 5.16. The number of benzene rings is 1. The molecule has 0 unspecified atom stereocenters. The summed E-state index contributed by atoms with van der Waals surface area (Å²) in [5.41, 5.74) is 1.92. The van der Waals surface area contributed by atoms with Gasteiger partial charge in [0.15, 0.2) is 11.6 Å². The Labute approximate surface area is 130 Å².